The number of hydrogen-bond acceptors (Lipinski definition) is 7. The van der Waals surface area contributed by atoms with Gasteiger partial charge in [-0.25, -0.2) is 9.97 Å². The van der Waals surface area contributed by atoms with Gasteiger partial charge in [0.25, 0.3) is 11.8 Å². The first kappa shape index (κ1) is 20.9. The van der Waals surface area contributed by atoms with Gasteiger partial charge in [0.05, 0.1) is 11.1 Å². The smallest absolute Gasteiger partial charge is 0.282 e. The molecule has 172 valence electrons. The second-order valence-corrected chi connectivity index (χ2v) is 9.45. The van der Waals surface area contributed by atoms with Crippen LogP contribution in [0.5, 0.6) is 0 Å². The number of thiazole rings is 1. The number of likely N-dealkylation sites (tertiary alicyclic amines) is 1. The van der Waals surface area contributed by atoms with E-state index in [0.29, 0.717) is 48.3 Å². The van der Waals surface area contributed by atoms with Crippen LogP contribution >= 0.6 is 11.3 Å². The molecule has 1 N–H and O–H groups in total. The molecule has 2 aliphatic heterocycles. The molecule has 0 bridgehead atoms. The van der Waals surface area contributed by atoms with Crippen LogP contribution in [-0.2, 0) is 0 Å². The number of nitrogens with one attached hydrogen (secondary N) is 1. The highest BCUT2D eigenvalue weighted by Crippen LogP contribution is 2.26. The van der Waals surface area contributed by atoms with Gasteiger partial charge in [-0.2, -0.15) is 0 Å². The largest absolute Gasteiger partial charge is 0.338 e. The molecule has 0 spiro atoms. The van der Waals surface area contributed by atoms with E-state index in [4.69, 9.17) is 4.98 Å². The number of piperazine rings is 1. The summed E-state index contributed by atoms with van der Waals surface area (Å²) in [5.41, 5.74) is 3.08. The van der Waals surface area contributed by atoms with E-state index in [1.54, 1.807) is 18.6 Å². The normalized spacial score (nSPS) is 17.2. The van der Waals surface area contributed by atoms with E-state index in [1.165, 1.54) is 11.3 Å². The molecule has 9 nitrogen and oxygen atoms in total. The summed E-state index contributed by atoms with van der Waals surface area (Å²) in [6.07, 6.45) is 5.12. The highest BCUT2D eigenvalue weighted by molar-refractivity contribution is 7.11. The van der Waals surface area contributed by atoms with Crippen molar-refractivity contribution in [2.24, 2.45) is 0 Å². The number of imidazole rings is 1. The molecule has 34 heavy (non-hydrogen) atoms. The van der Waals surface area contributed by atoms with Crippen LogP contribution < -0.4 is 0 Å². The van der Waals surface area contributed by atoms with Crippen molar-refractivity contribution in [1.82, 2.24) is 34.6 Å². The predicted octanol–water partition coefficient (Wildman–Crippen LogP) is 2.36. The molecule has 0 aliphatic carbocycles. The van der Waals surface area contributed by atoms with Gasteiger partial charge >= 0.3 is 0 Å². The third-order valence-electron chi connectivity index (χ3n) is 6.58. The third kappa shape index (κ3) is 3.74. The molecule has 2 aliphatic rings. The number of nitrogens with zero attached hydrogens (tertiary/aromatic N) is 6. The maximum atomic E-state index is 13.3. The van der Waals surface area contributed by atoms with Crippen LogP contribution in [0, 0.1) is 0 Å². The lowest BCUT2D eigenvalue weighted by Gasteiger charge is -2.48. The number of pyridine rings is 1. The van der Waals surface area contributed by atoms with Gasteiger partial charge in [0.1, 0.15) is 11.3 Å². The number of para-hydroxylation sites is 1. The lowest BCUT2D eigenvalue weighted by atomic mass is 10.0. The molecule has 0 radical (unpaired) electrons. The Morgan fingerprint density at radius 3 is 2.47 bits per heavy atom. The molecule has 2 fully saturated rings. The molecular weight excluding hydrogens is 450 g/mol. The Kier molecular flexibility index (Phi) is 5.31. The van der Waals surface area contributed by atoms with Crippen LogP contribution in [0.1, 0.15) is 20.2 Å². The molecule has 0 unspecified atom stereocenters. The van der Waals surface area contributed by atoms with Crippen molar-refractivity contribution in [3.05, 3.63) is 64.9 Å². The fourth-order valence-corrected chi connectivity index (χ4v) is 5.23. The molecule has 0 saturated carbocycles. The Labute approximate surface area is 200 Å². The highest BCUT2D eigenvalue weighted by atomic mass is 32.1. The van der Waals surface area contributed by atoms with Crippen molar-refractivity contribution < 1.29 is 9.59 Å². The molecule has 2 amide bonds. The van der Waals surface area contributed by atoms with E-state index in [2.05, 4.69) is 19.9 Å². The first-order valence-corrected chi connectivity index (χ1v) is 12.2. The number of benzene rings is 1. The SMILES string of the molecule is O=C(c1nccs1)N1CCN(C2CN(C(=O)c3cccc4[nH]c(-c5ccncc5)nc34)C2)CC1. The highest BCUT2D eigenvalue weighted by Gasteiger charge is 2.37. The molecule has 0 atom stereocenters. The number of aromatic amines is 1. The topological polar surface area (TPSA) is 98.3 Å². The van der Waals surface area contributed by atoms with E-state index in [9.17, 15) is 9.59 Å². The molecule has 3 aromatic heterocycles. The minimum absolute atomic E-state index is 0.00668. The number of rotatable bonds is 4. The Hall–Kier alpha value is -3.63. The molecule has 10 heteroatoms. The number of aromatic nitrogens is 4. The lowest BCUT2D eigenvalue weighted by molar-refractivity contribution is 0.00863. The van der Waals surface area contributed by atoms with Crippen LogP contribution in [0.15, 0.2) is 54.3 Å². The summed E-state index contributed by atoms with van der Waals surface area (Å²) in [7, 11) is 0. The minimum Gasteiger partial charge on any atom is -0.338 e. The van der Waals surface area contributed by atoms with Crippen molar-refractivity contribution in [2.75, 3.05) is 39.3 Å². The molecule has 4 aromatic rings. The molecule has 5 heterocycles. The maximum Gasteiger partial charge on any atom is 0.282 e. The van der Waals surface area contributed by atoms with Gasteiger partial charge in [-0.3, -0.25) is 19.5 Å². The van der Waals surface area contributed by atoms with Gasteiger partial charge < -0.3 is 14.8 Å². The quantitative estimate of drug-likeness (QED) is 0.489. The number of amides is 2. The van der Waals surface area contributed by atoms with Crippen LogP contribution in [0.4, 0.5) is 0 Å². The maximum absolute atomic E-state index is 13.3. The van der Waals surface area contributed by atoms with Crippen LogP contribution in [0.2, 0.25) is 0 Å². The van der Waals surface area contributed by atoms with Crippen molar-refractivity contribution in [3.63, 3.8) is 0 Å². The summed E-state index contributed by atoms with van der Waals surface area (Å²) in [5, 5.41) is 2.38. The first-order chi connectivity index (χ1) is 16.7. The summed E-state index contributed by atoms with van der Waals surface area (Å²) in [6, 6.07) is 9.78. The van der Waals surface area contributed by atoms with E-state index < -0.39 is 0 Å². The fraction of sp³-hybridized carbons (Fsp3) is 0.292. The van der Waals surface area contributed by atoms with Crippen molar-refractivity contribution in [3.8, 4) is 11.4 Å². The molecule has 1 aromatic carbocycles. The fourth-order valence-electron chi connectivity index (χ4n) is 4.63. The predicted molar refractivity (Wildman–Crippen MR) is 129 cm³/mol. The Morgan fingerprint density at radius 2 is 1.74 bits per heavy atom. The van der Waals surface area contributed by atoms with Gasteiger partial charge in [0.15, 0.2) is 5.01 Å². The summed E-state index contributed by atoms with van der Waals surface area (Å²) < 4.78 is 0. The number of fused-ring (bicyclic) bond motifs is 1. The Morgan fingerprint density at radius 1 is 0.941 bits per heavy atom. The van der Waals surface area contributed by atoms with Gasteiger partial charge in [-0.05, 0) is 24.3 Å². The molecule has 2 saturated heterocycles. The number of H-pyrrole nitrogens is 1. The van der Waals surface area contributed by atoms with Crippen molar-refractivity contribution in [2.45, 2.75) is 6.04 Å². The van der Waals surface area contributed by atoms with Crippen LogP contribution in [0.3, 0.4) is 0 Å². The van der Waals surface area contributed by atoms with E-state index in [0.717, 1.165) is 30.0 Å². The zero-order chi connectivity index (χ0) is 23.1. The standard InChI is InChI=1S/C24H23N7O2S/c32-23(18-2-1-3-19-20(18)28-21(27-19)16-4-6-25-7-5-16)31-14-17(15-31)29-9-11-30(12-10-29)24(33)22-26-8-13-34-22/h1-8,13,17H,9-12,14-15H2,(H,27,28). The van der Waals surface area contributed by atoms with Crippen molar-refractivity contribution >= 4 is 34.2 Å². The average Bonchev–Trinajstić information content (AvgIpc) is 3.54. The number of carbonyl (C=O) groups is 2. The van der Waals surface area contributed by atoms with Crippen LogP contribution in [0.25, 0.3) is 22.4 Å². The summed E-state index contributed by atoms with van der Waals surface area (Å²) in [5.74, 6) is 0.745. The third-order valence-corrected chi connectivity index (χ3v) is 7.34. The zero-order valence-electron chi connectivity index (χ0n) is 18.4. The van der Waals surface area contributed by atoms with E-state index in [-0.39, 0.29) is 11.8 Å². The van der Waals surface area contributed by atoms with E-state index >= 15 is 0 Å². The number of carbonyl (C=O) groups excluding carboxylic acids is 2. The monoisotopic (exact) mass is 473 g/mol. The average molecular weight is 474 g/mol. The van der Waals surface area contributed by atoms with Crippen molar-refractivity contribution in [1.29, 1.82) is 0 Å². The Bertz CT molecular complexity index is 1320. The van der Waals surface area contributed by atoms with Gasteiger partial charge in [0.2, 0.25) is 0 Å². The zero-order valence-corrected chi connectivity index (χ0v) is 19.2. The van der Waals surface area contributed by atoms with E-state index in [1.807, 2.05) is 45.5 Å². The lowest BCUT2D eigenvalue weighted by Crippen LogP contribution is -2.64. The minimum atomic E-state index is 0.00668. The second kappa shape index (κ2) is 8.62. The molecular formula is C24H23N7O2S. The van der Waals surface area contributed by atoms with Crippen LogP contribution in [-0.4, -0.2) is 91.8 Å². The summed E-state index contributed by atoms with van der Waals surface area (Å²) >= 11 is 1.38. The Balaban J connectivity index is 1.09. The molecule has 6 rings (SSSR count). The second-order valence-electron chi connectivity index (χ2n) is 8.55. The van der Waals surface area contributed by atoms with Gasteiger partial charge in [-0.15, -0.1) is 11.3 Å². The number of hydrogen-bond donors (Lipinski definition) is 1. The van der Waals surface area contributed by atoms with Gasteiger partial charge in [0, 0.05) is 74.8 Å². The van der Waals surface area contributed by atoms with Gasteiger partial charge in [-0.1, -0.05) is 6.07 Å². The first-order valence-electron chi connectivity index (χ1n) is 11.3. The summed E-state index contributed by atoms with van der Waals surface area (Å²) in [6.45, 7) is 4.39. The summed E-state index contributed by atoms with van der Waals surface area (Å²) in [4.78, 5) is 48.1.